The summed E-state index contributed by atoms with van der Waals surface area (Å²) in [5, 5.41) is 0. The molecule has 1 saturated carbocycles. The van der Waals surface area contributed by atoms with Crippen molar-refractivity contribution in [1.82, 2.24) is 4.90 Å². The molecule has 3 nitrogen and oxygen atoms in total. The molecule has 0 radical (unpaired) electrons. The van der Waals surface area contributed by atoms with E-state index in [9.17, 15) is 4.79 Å². The van der Waals surface area contributed by atoms with E-state index in [1.54, 1.807) is 7.11 Å². The van der Waals surface area contributed by atoms with Gasteiger partial charge in [0.2, 0.25) is 0 Å². The zero-order valence-corrected chi connectivity index (χ0v) is 12.2. The Hall–Kier alpha value is -1.35. The van der Waals surface area contributed by atoms with Gasteiger partial charge in [-0.1, -0.05) is 25.0 Å². The van der Waals surface area contributed by atoms with Crippen LogP contribution in [0.25, 0.3) is 0 Å². The van der Waals surface area contributed by atoms with Crippen LogP contribution in [0.4, 0.5) is 0 Å². The molecule has 1 aromatic carbocycles. The van der Waals surface area contributed by atoms with Gasteiger partial charge in [0.15, 0.2) is 0 Å². The summed E-state index contributed by atoms with van der Waals surface area (Å²) in [6.07, 6.45) is 5.52. The van der Waals surface area contributed by atoms with Crippen molar-refractivity contribution in [2.45, 2.75) is 44.7 Å². The molecule has 1 saturated heterocycles. The molecule has 0 spiro atoms. The minimum atomic E-state index is 0.302. The molecule has 1 heterocycles. The molecular weight excluding hydrogens is 250 g/mol. The summed E-state index contributed by atoms with van der Waals surface area (Å²) in [5.41, 5.74) is 1.31. The highest BCUT2D eigenvalue weighted by atomic mass is 16.5. The molecule has 1 aliphatic heterocycles. The number of fused-ring (bicyclic) bond motifs is 1. The molecule has 20 heavy (non-hydrogen) atoms. The van der Waals surface area contributed by atoms with Gasteiger partial charge in [-0.25, -0.2) is 0 Å². The van der Waals surface area contributed by atoms with E-state index in [0.29, 0.717) is 17.7 Å². The summed E-state index contributed by atoms with van der Waals surface area (Å²) in [4.78, 5) is 14.6. The van der Waals surface area contributed by atoms with Crippen molar-refractivity contribution >= 4 is 5.78 Å². The predicted molar refractivity (Wildman–Crippen MR) is 78.8 cm³/mol. The Morgan fingerprint density at radius 2 is 1.95 bits per heavy atom. The van der Waals surface area contributed by atoms with Crippen LogP contribution in [0.5, 0.6) is 5.75 Å². The first-order valence-electron chi connectivity index (χ1n) is 7.67. The van der Waals surface area contributed by atoms with Crippen molar-refractivity contribution in [3.05, 3.63) is 29.8 Å². The third-order valence-corrected chi connectivity index (χ3v) is 4.80. The number of Topliss-reactive ketones (excluding diaryl/α,β-unsaturated/α-hetero) is 1. The van der Waals surface area contributed by atoms with Crippen molar-refractivity contribution in [3.63, 3.8) is 0 Å². The molecule has 3 rings (SSSR count). The second kappa shape index (κ2) is 5.96. The molecule has 0 bridgehead atoms. The van der Waals surface area contributed by atoms with Crippen LogP contribution in [0, 0.1) is 5.92 Å². The van der Waals surface area contributed by atoms with Crippen LogP contribution in [0.2, 0.25) is 0 Å². The Morgan fingerprint density at radius 1 is 1.20 bits per heavy atom. The maximum atomic E-state index is 12.1. The first-order valence-corrected chi connectivity index (χ1v) is 7.67. The summed E-state index contributed by atoms with van der Waals surface area (Å²) >= 11 is 0. The molecule has 0 amide bonds. The topological polar surface area (TPSA) is 29.5 Å². The number of nitrogens with zero attached hydrogens (tertiary/aromatic N) is 1. The number of benzene rings is 1. The Bertz CT molecular complexity index is 468. The van der Waals surface area contributed by atoms with Gasteiger partial charge in [-0.05, 0) is 30.5 Å². The third-order valence-electron chi connectivity index (χ3n) is 4.80. The van der Waals surface area contributed by atoms with E-state index in [1.807, 2.05) is 12.1 Å². The Balaban J connectivity index is 1.70. The second-order valence-corrected chi connectivity index (χ2v) is 5.99. The lowest BCUT2D eigenvalue weighted by atomic mass is 9.77. The summed E-state index contributed by atoms with van der Waals surface area (Å²) < 4.78 is 5.20. The third kappa shape index (κ3) is 2.73. The minimum Gasteiger partial charge on any atom is -0.497 e. The van der Waals surface area contributed by atoms with Crippen molar-refractivity contribution in [2.24, 2.45) is 5.92 Å². The lowest BCUT2D eigenvalue weighted by Crippen LogP contribution is -2.50. The van der Waals surface area contributed by atoms with E-state index < -0.39 is 0 Å². The van der Waals surface area contributed by atoms with Crippen molar-refractivity contribution < 1.29 is 9.53 Å². The van der Waals surface area contributed by atoms with Crippen LogP contribution < -0.4 is 4.74 Å². The Kier molecular flexibility index (Phi) is 4.06. The molecule has 0 aromatic heterocycles. The Labute approximate surface area is 120 Å². The average molecular weight is 273 g/mol. The highest BCUT2D eigenvalue weighted by Crippen LogP contribution is 2.34. The van der Waals surface area contributed by atoms with Gasteiger partial charge >= 0.3 is 0 Å². The largest absolute Gasteiger partial charge is 0.497 e. The van der Waals surface area contributed by atoms with Gasteiger partial charge in [0, 0.05) is 31.5 Å². The fraction of sp³-hybridized carbons (Fsp3) is 0.588. The van der Waals surface area contributed by atoms with Gasteiger partial charge < -0.3 is 4.74 Å². The lowest BCUT2D eigenvalue weighted by molar-refractivity contribution is -0.131. The number of rotatable bonds is 3. The number of carbonyl (C=O) groups excluding carboxylic acids is 1. The summed E-state index contributed by atoms with van der Waals surface area (Å²) in [5.74, 6) is 1.70. The van der Waals surface area contributed by atoms with E-state index >= 15 is 0 Å². The molecule has 2 aliphatic rings. The lowest BCUT2D eigenvalue weighted by Gasteiger charge is -2.43. The summed E-state index contributed by atoms with van der Waals surface area (Å²) in [6.45, 7) is 1.88. The van der Waals surface area contributed by atoms with Gasteiger partial charge in [0.25, 0.3) is 0 Å². The van der Waals surface area contributed by atoms with Gasteiger partial charge in [0.05, 0.1) is 7.11 Å². The Morgan fingerprint density at radius 3 is 2.70 bits per heavy atom. The SMILES string of the molecule is COc1ccc(CN2CCC(=O)C3CCCCC32)cc1. The number of piperidine rings is 1. The normalized spacial score (nSPS) is 27.1. The number of methoxy groups -OCH3 is 1. The molecule has 3 heteroatoms. The predicted octanol–water partition coefficient (Wildman–Crippen LogP) is 3.03. The maximum absolute atomic E-state index is 12.1. The molecule has 108 valence electrons. The smallest absolute Gasteiger partial charge is 0.138 e. The number of carbonyl (C=O) groups is 1. The molecule has 2 unspecified atom stereocenters. The molecule has 2 fully saturated rings. The number of likely N-dealkylation sites (tertiary alicyclic amines) is 1. The zero-order chi connectivity index (χ0) is 13.9. The van der Waals surface area contributed by atoms with Crippen LogP contribution >= 0.6 is 0 Å². The number of hydrogen-bond donors (Lipinski definition) is 0. The van der Waals surface area contributed by atoms with Gasteiger partial charge in [-0.3, -0.25) is 9.69 Å². The van der Waals surface area contributed by atoms with E-state index in [4.69, 9.17) is 4.74 Å². The molecule has 1 aromatic rings. The molecular formula is C17H23NO2. The number of ether oxygens (including phenoxy) is 1. The fourth-order valence-corrected chi connectivity index (χ4v) is 3.69. The quantitative estimate of drug-likeness (QED) is 0.848. The van der Waals surface area contributed by atoms with Crippen molar-refractivity contribution in [1.29, 1.82) is 0 Å². The standard InChI is InChI=1S/C17H23NO2/c1-20-14-8-6-13(7-9-14)12-18-11-10-17(19)15-4-2-3-5-16(15)18/h6-9,15-16H,2-5,10-12H2,1H3. The van der Waals surface area contributed by atoms with E-state index in [2.05, 4.69) is 17.0 Å². The average Bonchev–Trinajstić information content (AvgIpc) is 2.51. The fourth-order valence-electron chi connectivity index (χ4n) is 3.69. The minimum absolute atomic E-state index is 0.302. The second-order valence-electron chi connectivity index (χ2n) is 5.99. The number of hydrogen-bond acceptors (Lipinski definition) is 3. The van der Waals surface area contributed by atoms with E-state index in [0.717, 1.165) is 31.7 Å². The van der Waals surface area contributed by atoms with Gasteiger partial charge in [-0.15, -0.1) is 0 Å². The van der Waals surface area contributed by atoms with E-state index in [1.165, 1.54) is 24.8 Å². The molecule has 0 N–H and O–H groups in total. The van der Waals surface area contributed by atoms with Crippen LogP contribution in [-0.4, -0.2) is 30.4 Å². The first-order chi connectivity index (χ1) is 9.78. The zero-order valence-electron chi connectivity index (χ0n) is 12.2. The molecule has 1 aliphatic carbocycles. The van der Waals surface area contributed by atoms with Crippen LogP contribution in [0.15, 0.2) is 24.3 Å². The summed E-state index contributed by atoms with van der Waals surface area (Å²) in [7, 11) is 1.69. The highest BCUT2D eigenvalue weighted by Gasteiger charge is 2.38. The monoisotopic (exact) mass is 273 g/mol. The number of ketones is 1. The van der Waals surface area contributed by atoms with Crippen LogP contribution in [0.1, 0.15) is 37.7 Å². The van der Waals surface area contributed by atoms with Crippen LogP contribution in [0.3, 0.4) is 0 Å². The summed E-state index contributed by atoms with van der Waals surface area (Å²) in [6, 6.07) is 8.78. The van der Waals surface area contributed by atoms with Crippen molar-refractivity contribution in [2.75, 3.05) is 13.7 Å². The van der Waals surface area contributed by atoms with E-state index in [-0.39, 0.29) is 0 Å². The van der Waals surface area contributed by atoms with Gasteiger partial charge in [-0.2, -0.15) is 0 Å². The van der Waals surface area contributed by atoms with Crippen molar-refractivity contribution in [3.8, 4) is 5.75 Å². The highest BCUT2D eigenvalue weighted by molar-refractivity contribution is 5.82. The van der Waals surface area contributed by atoms with Crippen LogP contribution in [-0.2, 0) is 11.3 Å². The maximum Gasteiger partial charge on any atom is 0.138 e. The molecule has 2 atom stereocenters. The first kappa shape index (κ1) is 13.6. The van der Waals surface area contributed by atoms with Gasteiger partial charge in [0.1, 0.15) is 11.5 Å².